The molecule has 2 heterocycles. The SMILES string of the molecule is COCCCc1cc(CN(C(=O)C2CNCC[C@@]23OCc2cc(F)c(F)cc23)C2CC2)cc(OCCOC)c1. The summed E-state index contributed by atoms with van der Waals surface area (Å²) >= 11 is 0. The van der Waals surface area contributed by atoms with E-state index in [0.717, 1.165) is 42.6 Å². The minimum absolute atomic E-state index is 0.0195. The molecule has 1 saturated carbocycles. The van der Waals surface area contributed by atoms with Crippen LogP contribution in [0.15, 0.2) is 30.3 Å². The van der Waals surface area contributed by atoms with E-state index in [1.54, 1.807) is 14.2 Å². The number of fused-ring (bicyclic) bond motifs is 2. The minimum Gasteiger partial charge on any atom is -0.491 e. The van der Waals surface area contributed by atoms with Crippen molar-refractivity contribution < 1.29 is 32.5 Å². The van der Waals surface area contributed by atoms with E-state index in [-0.39, 0.29) is 18.6 Å². The Morgan fingerprint density at radius 1 is 1.05 bits per heavy atom. The molecule has 1 aliphatic carbocycles. The highest BCUT2D eigenvalue weighted by Gasteiger charge is 2.53. The number of amides is 1. The number of nitrogens with zero attached hydrogens (tertiary/aromatic N) is 1. The molecule has 9 heteroatoms. The predicted octanol–water partition coefficient (Wildman–Crippen LogP) is 4.10. The molecular weight excluding hydrogens is 506 g/mol. The van der Waals surface area contributed by atoms with E-state index in [1.807, 2.05) is 17.0 Å². The molecule has 2 aromatic rings. The van der Waals surface area contributed by atoms with Gasteiger partial charge in [0.25, 0.3) is 0 Å². The summed E-state index contributed by atoms with van der Waals surface area (Å²) in [5, 5.41) is 3.34. The van der Waals surface area contributed by atoms with E-state index >= 15 is 0 Å². The van der Waals surface area contributed by atoms with Gasteiger partial charge in [-0.1, -0.05) is 6.07 Å². The van der Waals surface area contributed by atoms with Crippen LogP contribution in [0.5, 0.6) is 5.75 Å². The Morgan fingerprint density at radius 3 is 2.59 bits per heavy atom. The third-order valence-corrected chi connectivity index (χ3v) is 7.99. The number of ether oxygens (including phenoxy) is 4. The van der Waals surface area contributed by atoms with Gasteiger partial charge in [0.2, 0.25) is 5.91 Å². The molecule has 0 radical (unpaired) electrons. The second-order valence-electron chi connectivity index (χ2n) is 10.7. The number of methoxy groups -OCH3 is 2. The topological polar surface area (TPSA) is 69.3 Å². The van der Waals surface area contributed by atoms with Crippen LogP contribution in [-0.4, -0.2) is 64.0 Å². The molecule has 1 spiro atoms. The first-order chi connectivity index (χ1) is 18.9. The maximum absolute atomic E-state index is 14.4. The predicted molar refractivity (Wildman–Crippen MR) is 141 cm³/mol. The molecule has 7 nitrogen and oxygen atoms in total. The number of hydrogen-bond donors (Lipinski definition) is 1. The van der Waals surface area contributed by atoms with Crippen molar-refractivity contribution in [3.63, 3.8) is 0 Å². The van der Waals surface area contributed by atoms with Gasteiger partial charge in [0.1, 0.15) is 18.0 Å². The van der Waals surface area contributed by atoms with Gasteiger partial charge in [-0.25, -0.2) is 8.78 Å². The number of piperidine rings is 1. The van der Waals surface area contributed by atoms with Crippen LogP contribution < -0.4 is 10.1 Å². The molecule has 39 heavy (non-hydrogen) atoms. The summed E-state index contributed by atoms with van der Waals surface area (Å²) in [6.45, 7) is 3.26. The van der Waals surface area contributed by atoms with Gasteiger partial charge in [-0.15, -0.1) is 0 Å². The summed E-state index contributed by atoms with van der Waals surface area (Å²) in [4.78, 5) is 16.2. The highest BCUT2D eigenvalue weighted by atomic mass is 19.2. The maximum atomic E-state index is 14.4. The average Bonchev–Trinajstić information content (AvgIpc) is 3.72. The van der Waals surface area contributed by atoms with Crippen LogP contribution in [0.25, 0.3) is 0 Å². The summed E-state index contributed by atoms with van der Waals surface area (Å²) in [6.07, 6.45) is 4.13. The molecule has 2 atom stereocenters. The number of hydrogen-bond acceptors (Lipinski definition) is 6. The molecule has 5 rings (SSSR count). The zero-order chi connectivity index (χ0) is 27.4. The smallest absolute Gasteiger partial charge is 0.230 e. The summed E-state index contributed by atoms with van der Waals surface area (Å²) < 4.78 is 50.9. The molecule has 1 saturated heterocycles. The van der Waals surface area contributed by atoms with Gasteiger partial charge in [0.05, 0.1) is 19.1 Å². The van der Waals surface area contributed by atoms with Crippen molar-refractivity contribution in [1.29, 1.82) is 0 Å². The van der Waals surface area contributed by atoms with Crippen molar-refractivity contribution in [1.82, 2.24) is 10.2 Å². The Bertz CT molecular complexity index is 1150. The van der Waals surface area contributed by atoms with Crippen LogP contribution >= 0.6 is 0 Å². The summed E-state index contributed by atoms with van der Waals surface area (Å²) in [5.41, 5.74) is 2.38. The van der Waals surface area contributed by atoms with Crippen molar-refractivity contribution in [2.75, 3.05) is 47.1 Å². The van der Waals surface area contributed by atoms with E-state index in [1.165, 1.54) is 12.1 Å². The lowest BCUT2D eigenvalue weighted by molar-refractivity contribution is -0.157. The molecular formula is C30H38F2N2O5. The number of nitrogens with one attached hydrogen (secondary N) is 1. The first-order valence-corrected chi connectivity index (χ1v) is 13.8. The van der Waals surface area contributed by atoms with Gasteiger partial charge in [-0.3, -0.25) is 4.79 Å². The van der Waals surface area contributed by atoms with Crippen LogP contribution in [0.2, 0.25) is 0 Å². The fourth-order valence-corrected chi connectivity index (χ4v) is 5.91. The van der Waals surface area contributed by atoms with Crippen LogP contribution in [0.1, 0.15) is 47.9 Å². The zero-order valence-corrected chi connectivity index (χ0v) is 22.8. The summed E-state index contributed by atoms with van der Waals surface area (Å²) in [7, 11) is 3.33. The van der Waals surface area contributed by atoms with Crippen molar-refractivity contribution >= 4 is 5.91 Å². The quantitative estimate of drug-likeness (QED) is 0.406. The standard InChI is InChI=1S/C30H38F2N2O5/c1-36-9-3-4-20-12-21(14-24(13-20)38-11-10-37-2)18-34(23-5-6-23)29(35)26-17-33-8-7-30(26)25-16-28(32)27(31)15-22(25)19-39-30/h12-16,23,26,33H,3-11,17-19H2,1-2H3/t26?,30-/m0/s1. The second-order valence-corrected chi connectivity index (χ2v) is 10.7. The highest BCUT2D eigenvalue weighted by molar-refractivity contribution is 5.82. The molecule has 2 aliphatic heterocycles. The first-order valence-electron chi connectivity index (χ1n) is 13.8. The lowest BCUT2D eigenvalue weighted by Gasteiger charge is -2.43. The van der Waals surface area contributed by atoms with E-state index < -0.39 is 23.2 Å². The first kappa shape index (κ1) is 28.0. The Kier molecular flexibility index (Phi) is 8.81. The van der Waals surface area contributed by atoms with Crippen molar-refractivity contribution in [2.24, 2.45) is 5.92 Å². The van der Waals surface area contributed by atoms with Crippen molar-refractivity contribution in [2.45, 2.75) is 56.9 Å². The molecule has 3 aliphatic rings. The molecule has 0 aromatic heterocycles. The highest BCUT2D eigenvalue weighted by Crippen LogP contribution is 2.48. The van der Waals surface area contributed by atoms with Gasteiger partial charge in [0, 0.05) is 40.0 Å². The Morgan fingerprint density at radius 2 is 1.82 bits per heavy atom. The van der Waals surface area contributed by atoms with E-state index in [0.29, 0.717) is 57.0 Å². The van der Waals surface area contributed by atoms with Gasteiger partial charge in [-0.2, -0.15) is 0 Å². The Hall–Kier alpha value is -2.59. The number of benzene rings is 2. The largest absolute Gasteiger partial charge is 0.491 e. The van der Waals surface area contributed by atoms with Crippen LogP contribution in [-0.2, 0) is 44.2 Å². The fourth-order valence-electron chi connectivity index (χ4n) is 5.91. The third kappa shape index (κ3) is 6.11. The lowest BCUT2D eigenvalue weighted by atomic mass is 9.75. The Balaban J connectivity index is 1.41. The minimum atomic E-state index is -0.963. The lowest BCUT2D eigenvalue weighted by Crippen LogP contribution is -2.55. The number of rotatable bonds is 12. The maximum Gasteiger partial charge on any atom is 0.230 e. The van der Waals surface area contributed by atoms with E-state index in [4.69, 9.17) is 18.9 Å². The summed E-state index contributed by atoms with van der Waals surface area (Å²) in [5.74, 6) is -1.61. The fraction of sp³-hybridized carbons (Fsp3) is 0.567. The van der Waals surface area contributed by atoms with Gasteiger partial charge in [-0.05, 0) is 85.2 Å². The molecule has 1 N–H and O–H groups in total. The molecule has 1 amide bonds. The zero-order valence-electron chi connectivity index (χ0n) is 22.8. The third-order valence-electron chi connectivity index (χ3n) is 7.99. The summed E-state index contributed by atoms with van der Waals surface area (Å²) in [6, 6.07) is 8.76. The van der Waals surface area contributed by atoms with E-state index in [2.05, 4.69) is 11.4 Å². The molecule has 2 fully saturated rings. The van der Waals surface area contributed by atoms with Crippen LogP contribution in [0.4, 0.5) is 8.78 Å². The number of aryl methyl sites for hydroxylation is 1. The van der Waals surface area contributed by atoms with Crippen LogP contribution in [0, 0.1) is 17.6 Å². The van der Waals surface area contributed by atoms with Crippen LogP contribution in [0.3, 0.4) is 0 Å². The monoisotopic (exact) mass is 544 g/mol. The molecule has 1 unspecified atom stereocenters. The van der Waals surface area contributed by atoms with Gasteiger partial charge in [0.15, 0.2) is 11.6 Å². The van der Waals surface area contributed by atoms with Crippen molar-refractivity contribution in [3.8, 4) is 5.75 Å². The average molecular weight is 545 g/mol. The van der Waals surface area contributed by atoms with Gasteiger partial charge >= 0.3 is 0 Å². The van der Waals surface area contributed by atoms with E-state index in [9.17, 15) is 13.6 Å². The van der Waals surface area contributed by atoms with Crippen molar-refractivity contribution in [3.05, 3.63) is 64.2 Å². The molecule has 212 valence electrons. The normalized spacial score (nSPS) is 22.2. The number of halogens is 2. The molecule has 2 aromatic carbocycles. The Labute approximate surface area is 228 Å². The number of carbonyl (C=O) groups is 1. The second kappa shape index (κ2) is 12.3. The number of carbonyl (C=O) groups excluding carboxylic acids is 1. The molecule has 0 bridgehead atoms. The van der Waals surface area contributed by atoms with Gasteiger partial charge < -0.3 is 29.2 Å².